The lowest BCUT2D eigenvalue weighted by atomic mass is 10.1. The maximum atomic E-state index is 2.22. The molecule has 16 heavy (non-hydrogen) atoms. The minimum atomic E-state index is 1.15. The molecule has 0 amide bonds. The summed E-state index contributed by atoms with van der Waals surface area (Å²) in [6.07, 6.45) is 1.15. The fourth-order valence-electron chi connectivity index (χ4n) is 2.22. The quantitative estimate of drug-likeness (QED) is 0.686. The highest BCUT2D eigenvalue weighted by Gasteiger charge is 2.24. The highest BCUT2D eigenvalue weighted by molar-refractivity contribution is 6.08. The van der Waals surface area contributed by atoms with Gasteiger partial charge in [0.1, 0.15) is 0 Å². The van der Waals surface area contributed by atoms with Crippen LogP contribution in [0.2, 0.25) is 0 Å². The lowest BCUT2D eigenvalue weighted by molar-refractivity contribution is 1.42. The highest BCUT2D eigenvalue weighted by atomic mass is 14.3. The van der Waals surface area contributed by atoms with Crippen molar-refractivity contribution < 1.29 is 0 Å². The van der Waals surface area contributed by atoms with Crippen LogP contribution < -0.4 is 0 Å². The predicted molar refractivity (Wildman–Crippen MR) is 69.1 cm³/mol. The second kappa shape index (κ2) is 3.64. The van der Waals surface area contributed by atoms with Gasteiger partial charge in [0.15, 0.2) is 0 Å². The summed E-state index contributed by atoms with van der Waals surface area (Å²) in [5.41, 5.74) is 7.20. The van der Waals surface area contributed by atoms with Gasteiger partial charge in [-0.3, -0.25) is 0 Å². The molecule has 0 spiro atoms. The van der Waals surface area contributed by atoms with Crippen molar-refractivity contribution >= 4 is 11.1 Å². The van der Waals surface area contributed by atoms with Gasteiger partial charge in [-0.05, 0) is 41.2 Å². The van der Waals surface area contributed by atoms with E-state index in [4.69, 9.17) is 0 Å². The van der Waals surface area contributed by atoms with Gasteiger partial charge >= 0.3 is 0 Å². The zero-order chi connectivity index (χ0) is 11.0. The molecule has 0 saturated carbocycles. The Bertz CT molecular complexity index is 547. The molecule has 0 unspecified atom stereocenters. The van der Waals surface area contributed by atoms with Crippen molar-refractivity contribution in [3.63, 3.8) is 0 Å². The van der Waals surface area contributed by atoms with Crippen LogP contribution in [0.3, 0.4) is 0 Å². The van der Waals surface area contributed by atoms with Gasteiger partial charge in [-0.25, -0.2) is 0 Å². The molecular formula is C16H14. The first-order valence-electron chi connectivity index (χ1n) is 5.70. The van der Waals surface area contributed by atoms with Gasteiger partial charge in [-0.15, -0.1) is 0 Å². The third-order valence-electron chi connectivity index (χ3n) is 3.19. The summed E-state index contributed by atoms with van der Waals surface area (Å²) in [6, 6.07) is 19.3. The van der Waals surface area contributed by atoms with Crippen molar-refractivity contribution in [1.82, 2.24) is 0 Å². The minimum Gasteiger partial charge on any atom is -0.0622 e. The predicted octanol–water partition coefficient (Wildman–Crippen LogP) is 4.31. The van der Waals surface area contributed by atoms with Crippen LogP contribution in [0.4, 0.5) is 0 Å². The molecule has 2 aromatic carbocycles. The van der Waals surface area contributed by atoms with Crippen molar-refractivity contribution in [3.05, 3.63) is 71.3 Å². The average Bonchev–Trinajstić information content (AvgIpc) is 3.11. The van der Waals surface area contributed by atoms with E-state index in [2.05, 4.69) is 61.5 Å². The zero-order valence-electron chi connectivity index (χ0n) is 9.40. The number of hydrogen-bond acceptors (Lipinski definition) is 0. The van der Waals surface area contributed by atoms with E-state index < -0.39 is 0 Å². The number of rotatable bonds is 2. The van der Waals surface area contributed by atoms with Gasteiger partial charge in [0, 0.05) is 0 Å². The SMILES string of the molecule is Cc1ccccc1C1=C(c2ccccc2)C1. The fraction of sp³-hybridized carbons (Fsp3) is 0.125. The van der Waals surface area contributed by atoms with Crippen molar-refractivity contribution in [3.8, 4) is 0 Å². The minimum absolute atomic E-state index is 1.15. The fourth-order valence-corrected chi connectivity index (χ4v) is 2.22. The lowest BCUT2D eigenvalue weighted by Gasteiger charge is -1.98. The Labute approximate surface area is 96.3 Å². The Morgan fingerprint density at radius 1 is 0.750 bits per heavy atom. The molecule has 0 saturated heterocycles. The molecule has 78 valence electrons. The molecule has 0 radical (unpaired) electrons. The summed E-state index contributed by atoms with van der Waals surface area (Å²) in [6.45, 7) is 2.18. The first kappa shape index (κ1) is 9.41. The summed E-state index contributed by atoms with van der Waals surface area (Å²) in [7, 11) is 0. The number of allylic oxidation sites excluding steroid dienone is 2. The summed E-state index contributed by atoms with van der Waals surface area (Å²) < 4.78 is 0. The molecule has 0 aliphatic heterocycles. The van der Waals surface area contributed by atoms with Gasteiger partial charge in [0.2, 0.25) is 0 Å². The first-order chi connectivity index (χ1) is 7.86. The molecule has 1 aliphatic carbocycles. The van der Waals surface area contributed by atoms with E-state index in [0.717, 1.165) is 6.42 Å². The van der Waals surface area contributed by atoms with E-state index in [-0.39, 0.29) is 0 Å². The van der Waals surface area contributed by atoms with Crippen molar-refractivity contribution in [2.45, 2.75) is 13.3 Å². The number of benzene rings is 2. The Morgan fingerprint density at radius 3 is 2.19 bits per heavy atom. The molecule has 0 N–H and O–H groups in total. The van der Waals surface area contributed by atoms with E-state index >= 15 is 0 Å². The Morgan fingerprint density at radius 2 is 1.44 bits per heavy atom. The van der Waals surface area contributed by atoms with Crippen LogP contribution in [0.15, 0.2) is 54.6 Å². The van der Waals surface area contributed by atoms with E-state index in [0.29, 0.717) is 0 Å². The second-order valence-corrected chi connectivity index (χ2v) is 4.31. The van der Waals surface area contributed by atoms with Gasteiger partial charge in [-0.2, -0.15) is 0 Å². The molecule has 2 aromatic rings. The van der Waals surface area contributed by atoms with Crippen molar-refractivity contribution in [2.24, 2.45) is 0 Å². The third kappa shape index (κ3) is 1.57. The van der Waals surface area contributed by atoms with Gasteiger partial charge < -0.3 is 0 Å². The van der Waals surface area contributed by atoms with Crippen LogP contribution in [-0.4, -0.2) is 0 Å². The summed E-state index contributed by atoms with van der Waals surface area (Å²) in [5.74, 6) is 0. The molecule has 3 rings (SSSR count). The maximum absolute atomic E-state index is 2.22. The van der Waals surface area contributed by atoms with Gasteiger partial charge in [-0.1, -0.05) is 54.6 Å². The molecule has 0 fully saturated rings. The molecule has 0 heteroatoms. The third-order valence-corrected chi connectivity index (χ3v) is 3.19. The molecule has 0 nitrogen and oxygen atoms in total. The van der Waals surface area contributed by atoms with Crippen LogP contribution in [0.1, 0.15) is 23.1 Å². The molecule has 0 atom stereocenters. The maximum Gasteiger partial charge on any atom is -0.000765 e. The summed E-state index contributed by atoms with van der Waals surface area (Å²) >= 11 is 0. The molecule has 0 bridgehead atoms. The van der Waals surface area contributed by atoms with E-state index in [9.17, 15) is 0 Å². The van der Waals surface area contributed by atoms with Gasteiger partial charge in [0.25, 0.3) is 0 Å². The lowest BCUT2D eigenvalue weighted by Crippen LogP contribution is -1.78. The van der Waals surface area contributed by atoms with Gasteiger partial charge in [0.05, 0.1) is 0 Å². The van der Waals surface area contributed by atoms with E-state index in [1.165, 1.54) is 27.8 Å². The Hall–Kier alpha value is -1.82. The van der Waals surface area contributed by atoms with Crippen LogP contribution >= 0.6 is 0 Å². The average molecular weight is 206 g/mol. The molecule has 0 aromatic heterocycles. The highest BCUT2D eigenvalue weighted by Crippen LogP contribution is 2.47. The van der Waals surface area contributed by atoms with E-state index in [1.54, 1.807) is 0 Å². The molecule has 0 heterocycles. The zero-order valence-corrected chi connectivity index (χ0v) is 9.40. The Balaban J connectivity index is 2.01. The van der Waals surface area contributed by atoms with Crippen LogP contribution in [-0.2, 0) is 0 Å². The van der Waals surface area contributed by atoms with Crippen LogP contribution in [0.25, 0.3) is 11.1 Å². The van der Waals surface area contributed by atoms with Crippen molar-refractivity contribution in [1.29, 1.82) is 0 Å². The normalized spacial score (nSPS) is 14.1. The smallest absolute Gasteiger partial charge is 0.000765 e. The summed E-state index contributed by atoms with van der Waals surface area (Å²) in [5, 5.41) is 0. The topological polar surface area (TPSA) is 0 Å². The Kier molecular flexibility index (Phi) is 2.14. The monoisotopic (exact) mass is 206 g/mol. The number of hydrogen-bond donors (Lipinski definition) is 0. The van der Waals surface area contributed by atoms with Crippen LogP contribution in [0, 0.1) is 6.92 Å². The molecule has 1 aliphatic rings. The molecular weight excluding hydrogens is 192 g/mol. The van der Waals surface area contributed by atoms with Crippen molar-refractivity contribution in [2.75, 3.05) is 0 Å². The first-order valence-corrected chi connectivity index (χ1v) is 5.70. The number of aryl methyl sites for hydroxylation is 1. The van der Waals surface area contributed by atoms with E-state index in [1.807, 2.05) is 0 Å². The standard InChI is InChI=1S/C16H14/c1-12-7-5-6-10-14(12)16-11-15(16)13-8-3-2-4-9-13/h2-10H,11H2,1H3. The largest absolute Gasteiger partial charge is 0.0622 e. The van der Waals surface area contributed by atoms with Crippen LogP contribution in [0.5, 0.6) is 0 Å². The summed E-state index contributed by atoms with van der Waals surface area (Å²) in [4.78, 5) is 0. The second-order valence-electron chi connectivity index (χ2n) is 4.31.